The number of Topliss-reactive ketones (excluding diaryl/α,β-unsaturated/α-hetero) is 1. The minimum Gasteiger partial charge on any atom is -0.496 e. The van der Waals surface area contributed by atoms with Crippen molar-refractivity contribution < 1.29 is 14.3 Å². The third-order valence-electron chi connectivity index (χ3n) is 3.17. The Morgan fingerprint density at radius 3 is 2.24 bits per heavy atom. The lowest BCUT2D eigenvalue weighted by atomic mass is 9.98. The largest absolute Gasteiger partial charge is 0.496 e. The monoisotopic (exact) mass is 252 g/mol. The van der Waals surface area contributed by atoms with Crippen LogP contribution < -0.4 is 9.47 Å². The van der Waals surface area contributed by atoms with Gasteiger partial charge in [-0.15, -0.1) is 11.8 Å². The summed E-state index contributed by atoms with van der Waals surface area (Å²) in [4.78, 5) is 13.0. The Labute approximate surface area is 105 Å². The van der Waals surface area contributed by atoms with Crippen molar-refractivity contribution in [2.45, 2.75) is 25.2 Å². The number of fused-ring (bicyclic) bond motifs is 1. The molecule has 1 aliphatic rings. The molecule has 0 aromatic heterocycles. The standard InChI is InChI=1S/C13H16O3S/c1-7-8(2)12(16-4)13-10(11(7)15-3)9(14)5-6-17-13/h5-6H2,1-4H3. The molecule has 1 aromatic rings. The molecule has 92 valence electrons. The van der Waals surface area contributed by atoms with Crippen LogP contribution in [0.3, 0.4) is 0 Å². The van der Waals surface area contributed by atoms with E-state index in [9.17, 15) is 4.79 Å². The lowest BCUT2D eigenvalue weighted by Crippen LogP contribution is -2.13. The quantitative estimate of drug-likeness (QED) is 0.810. The molecule has 0 atom stereocenters. The molecule has 1 heterocycles. The Balaban J connectivity index is 2.80. The Kier molecular flexibility index (Phi) is 3.33. The van der Waals surface area contributed by atoms with E-state index in [1.165, 1.54) is 0 Å². The van der Waals surface area contributed by atoms with Crippen LogP contribution in [-0.2, 0) is 0 Å². The number of ketones is 1. The van der Waals surface area contributed by atoms with Gasteiger partial charge >= 0.3 is 0 Å². The molecule has 0 spiro atoms. The van der Waals surface area contributed by atoms with Crippen LogP contribution in [0.25, 0.3) is 0 Å². The van der Waals surface area contributed by atoms with Crippen LogP contribution in [-0.4, -0.2) is 25.8 Å². The van der Waals surface area contributed by atoms with E-state index in [0.717, 1.165) is 27.5 Å². The van der Waals surface area contributed by atoms with E-state index in [4.69, 9.17) is 9.47 Å². The van der Waals surface area contributed by atoms with Crippen molar-refractivity contribution in [3.63, 3.8) is 0 Å². The number of hydrogen-bond donors (Lipinski definition) is 0. The van der Waals surface area contributed by atoms with Crippen LogP contribution in [0, 0.1) is 13.8 Å². The normalized spacial score (nSPS) is 14.5. The first-order valence-corrected chi connectivity index (χ1v) is 6.51. The molecule has 1 aromatic carbocycles. The maximum Gasteiger partial charge on any atom is 0.168 e. The number of carbonyl (C=O) groups excluding carboxylic acids is 1. The van der Waals surface area contributed by atoms with Gasteiger partial charge in [0.2, 0.25) is 0 Å². The average Bonchev–Trinajstić information content (AvgIpc) is 2.32. The van der Waals surface area contributed by atoms with Gasteiger partial charge in [-0.1, -0.05) is 0 Å². The fraction of sp³-hybridized carbons (Fsp3) is 0.462. The van der Waals surface area contributed by atoms with E-state index in [0.29, 0.717) is 17.7 Å². The third-order valence-corrected chi connectivity index (χ3v) is 4.25. The van der Waals surface area contributed by atoms with E-state index < -0.39 is 0 Å². The summed E-state index contributed by atoms with van der Waals surface area (Å²) >= 11 is 1.67. The maximum atomic E-state index is 12.0. The van der Waals surface area contributed by atoms with Gasteiger partial charge in [0.25, 0.3) is 0 Å². The Morgan fingerprint density at radius 1 is 1.06 bits per heavy atom. The topological polar surface area (TPSA) is 35.5 Å². The van der Waals surface area contributed by atoms with Crippen molar-refractivity contribution in [2.24, 2.45) is 0 Å². The van der Waals surface area contributed by atoms with Crippen LogP contribution in [0.5, 0.6) is 11.5 Å². The Morgan fingerprint density at radius 2 is 1.65 bits per heavy atom. The van der Waals surface area contributed by atoms with Gasteiger partial charge < -0.3 is 9.47 Å². The molecule has 1 aliphatic heterocycles. The van der Waals surface area contributed by atoms with Crippen molar-refractivity contribution in [1.29, 1.82) is 0 Å². The van der Waals surface area contributed by atoms with Crippen molar-refractivity contribution in [2.75, 3.05) is 20.0 Å². The number of benzene rings is 1. The van der Waals surface area contributed by atoms with Crippen molar-refractivity contribution >= 4 is 17.5 Å². The SMILES string of the molecule is COc1c(C)c(C)c(OC)c2c1SCCC2=O. The molecule has 0 unspecified atom stereocenters. The van der Waals surface area contributed by atoms with Crippen molar-refractivity contribution in [3.8, 4) is 11.5 Å². The number of carbonyl (C=O) groups is 1. The highest BCUT2D eigenvalue weighted by atomic mass is 32.2. The van der Waals surface area contributed by atoms with E-state index >= 15 is 0 Å². The maximum absolute atomic E-state index is 12.0. The average molecular weight is 252 g/mol. The fourth-order valence-corrected chi connectivity index (χ4v) is 3.39. The molecule has 2 rings (SSSR count). The molecule has 0 fully saturated rings. The molecule has 0 aliphatic carbocycles. The summed E-state index contributed by atoms with van der Waals surface area (Å²) in [6.45, 7) is 3.96. The predicted molar refractivity (Wildman–Crippen MR) is 68.7 cm³/mol. The molecule has 17 heavy (non-hydrogen) atoms. The Hall–Kier alpha value is -1.16. The summed E-state index contributed by atoms with van der Waals surface area (Å²) in [6.07, 6.45) is 0.569. The summed E-state index contributed by atoms with van der Waals surface area (Å²) in [7, 11) is 3.26. The number of rotatable bonds is 2. The molecule has 0 N–H and O–H groups in total. The minimum atomic E-state index is 0.150. The molecule has 0 radical (unpaired) electrons. The van der Waals surface area contributed by atoms with Crippen LogP contribution in [0.4, 0.5) is 0 Å². The smallest absolute Gasteiger partial charge is 0.168 e. The van der Waals surface area contributed by atoms with E-state index in [2.05, 4.69) is 0 Å². The first kappa shape index (κ1) is 12.3. The number of thioether (sulfide) groups is 1. The van der Waals surface area contributed by atoms with E-state index in [-0.39, 0.29) is 5.78 Å². The highest BCUT2D eigenvalue weighted by Gasteiger charge is 2.28. The number of hydrogen-bond acceptors (Lipinski definition) is 4. The second kappa shape index (κ2) is 4.61. The van der Waals surface area contributed by atoms with Gasteiger partial charge in [0, 0.05) is 12.2 Å². The van der Waals surface area contributed by atoms with Gasteiger partial charge in [-0.3, -0.25) is 4.79 Å². The van der Waals surface area contributed by atoms with Gasteiger partial charge in [0.15, 0.2) is 5.78 Å². The summed E-state index contributed by atoms with van der Waals surface area (Å²) < 4.78 is 10.8. The van der Waals surface area contributed by atoms with Gasteiger partial charge in [-0.2, -0.15) is 0 Å². The summed E-state index contributed by atoms with van der Waals surface area (Å²) in [5, 5.41) is 0. The second-order valence-corrected chi connectivity index (χ2v) is 5.15. The minimum absolute atomic E-state index is 0.150. The zero-order chi connectivity index (χ0) is 12.6. The van der Waals surface area contributed by atoms with Crippen LogP contribution in [0.2, 0.25) is 0 Å². The molecule has 3 nitrogen and oxygen atoms in total. The zero-order valence-corrected chi connectivity index (χ0v) is 11.4. The fourth-order valence-electron chi connectivity index (χ4n) is 2.18. The first-order valence-electron chi connectivity index (χ1n) is 5.53. The van der Waals surface area contributed by atoms with Crippen LogP contribution in [0.15, 0.2) is 4.90 Å². The summed E-state index contributed by atoms with van der Waals surface area (Å²) in [5.74, 6) is 2.48. The number of methoxy groups -OCH3 is 2. The van der Waals surface area contributed by atoms with Crippen molar-refractivity contribution in [3.05, 3.63) is 16.7 Å². The van der Waals surface area contributed by atoms with Gasteiger partial charge in [0.1, 0.15) is 11.5 Å². The highest BCUT2D eigenvalue weighted by Crippen LogP contribution is 2.46. The zero-order valence-electron chi connectivity index (χ0n) is 10.5. The second-order valence-electron chi connectivity index (χ2n) is 4.04. The molecule has 0 amide bonds. The summed E-state index contributed by atoms with van der Waals surface area (Å²) in [5.41, 5.74) is 2.73. The van der Waals surface area contributed by atoms with E-state index in [1.807, 2.05) is 13.8 Å². The van der Waals surface area contributed by atoms with Gasteiger partial charge in [0.05, 0.1) is 24.7 Å². The molecule has 0 saturated carbocycles. The lowest BCUT2D eigenvalue weighted by molar-refractivity contribution is 0.0980. The first-order chi connectivity index (χ1) is 8.11. The van der Waals surface area contributed by atoms with Gasteiger partial charge in [-0.25, -0.2) is 0 Å². The molecular formula is C13H16O3S. The Bertz CT molecular complexity index is 480. The predicted octanol–water partition coefficient (Wildman–Crippen LogP) is 3.00. The highest BCUT2D eigenvalue weighted by molar-refractivity contribution is 7.99. The van der Waals surface area contributed by atoms with Crippen molar-refractivity contribution in [1.82, 2.24) is 0 Å². The molecule has 0 saturated heterocycles. The van der Waals surface area contributed by atoms with Gasteiger partial charge in [-0.05, 0) is 25.0 Å². The molecule has 4 heteroatoms. The lowest BCUT2D eigenvalue weighted by Gasteiger charge is -2.23. The van der Waals surface area contributed by atoms with E-state index in [1.54, 1.807) is 26.0 Å². The van der Waals surface area contributed by atoms with Crippen LogP contribution in [0.1, 0.15) is 27.9 Å². The molecule has 0 bridgehead atoms. The number of ether oxygens (including phenoxy) is 2. The summed E-state index contributed by atoms with van der Waals surface area (Å²) in [6, 6.07) is 0. The van der Waals surface area contributed by atoms with Crippen LogP contribution >= 0.6 is 11.8 Å². The molecular weight excluding hydrogens is 236 g/mol. The third kappa shape index (κ3) is 1.80.